The highest BCUT2D eigenvalue weighted by molar-refractivity contribution is 5.99. The van der Waals surface area contributed by atoms with E-state index >= 15 is 0 Å². The Morgan fingerprint density at radius 1 is 0.967 bits per heavy atom. The molecule has 3 amide bonds. The second-order valence-electron chi connectivity index (χ2n) is 7.32. The van der Waals surface area contributed by atoms with Crippen molar-refractivity contribution in [2.45, 2.75) is 0 Å². The molecule has 0 saturated carbocycles. The van der Waals surface area contributed by atoms with Crippen molar-refractivity contribution in [3.05, 3.63) is 60.2 Å². The van der Waals surface area contributed by atoms with Crippen LogP contribution in [0.2, 0.25) is 0 Å². The molecular formula is C23H21N3O4. The number of fused-ring (bicyclic) bond motifs is 2. The molecular weight excluding hydrogens is 382 g/mol. The third kappa shape index (κ3) is 3.50. The van der Waals surface area contributed by atoms with Crippen LogP contribution in [0.25, 0.3) is 21.9 Å². The van der Waals surface area contributed by atoms with Gasteiger partial charge in [-0.3, -0.25) is 4.79 Å². The minimum atomic E-state index is -0.142. The smallest absolute Gasteiger partial charge is 0.317 e. The highest BCUT2D eigenvalue weighted by atomic mass is 16.7. The summed E-state index contributed by atoms with van der Waals surface area (Å²) in [6.07, 6.45) is 0. The molecule has 7 heteroatoms. The van der Waals surface area contributed by atoms with Gasteiger partial charge >= 0.3 is 6.03 Å². The number of hydrogen-bond donors (Lipinski definition) is 2. The summed E-state index contributed by atoms with van der Waals surface area (Å²) in [7, 11) is 0. The lowest BCUT2D eigenvalue weighted by atomic mass is 9.99. The third-order valence-electron chi connectivity index (χ3n) is 5.42. The number of ether oxygens (including phenoxy) is 2. The molecule has 152 valence electrons. The molecule has 3 aromatic carbocycles. The topological polar surface area (TPSA) is 79.9 Å². The second kappa shape index (κ2) is 7.59. The van der Waals surface area contributed by atoms with Crippen LogP contribution in [0.5, 0.6) is 11.5 Å². The van der Waals surface area contributed by atoms with Crippen molar-refractivity contribution < 1.29 is 19.1 Å². The fraction of sp³-hybridized carbons (Fsp3) is 0.217. The van der Waals surface area contributed by atoms with E-state index in [0.29, 0.717) is 31.7 Å². The van der Waals surface area contributed by atoms with Crippen LogP contribution in [0, 0.1) is 0 Å². The van der Waals surface area contributed by atoms with E-state index in [4.69, 9.17) is 9.47 Å². The summed E-state index contributed by atoms with van der Waals surface area (Å²) in [6, 6.07) is 17.6. The van der Waals surface area contributed by atoms with Crippen molar-refractivity contribution in [1.82, 2.24) is 15.5 Å². The number of urea groups is 1. The highest BCUT2D eigenvalue weighted by Crippen LogP contribution is 2.36. The molecule has 0 radical (unpaired) electrons. The standard InChI is InChI=1S/C23H21N3O4/c27-22(24-7-9-26-10-8-25-23(26)28)19-4-3-15-11-16(1-2-17(15)12-19)18-5-6-20-21(13-18)30-14-29-20/h1-6,11-13H,7-10,14H2,(H,24,27)(H,25,28). The van der Waals surface area contributed by atoms with Crippen molar-refractivity contribution in [1.29, 1.82) is 0 Å². The Morgan fingerprint density at radius 2 is 1.73 bits per heavy atom. The second-order valence-corrected chi connectivity index (χ2v) is 7.32. The number of nitrogens with zero attached hydrogens (tertiary/aromatic N) is 1. The van der Waals surface area contributed by atoms with E-state index in [0.717, 1.165) is 33.4 Å². The molecule has 0 aromatic heterocycles. The Balaban J connectivity index is 1.29. The summed E-state index contributed by atoms with van der Waals surface area (Å²) in [5, 5.41) is 7.68. The minimum absolute atomic E-state index is 0.0757. The van der Waals surface area contributed by atoms with Crippen LogP contribution >= 0.6 is 0 Å². The van der Waals surface area contributed by atoms with Gasteiger partial charge in [0.25, 0.3) is 5.91 Å². The first-order chi connectivity index (χ1) is 14.7. The molecule has 0 bridgehead atoms. The zero-order valence-corrected chi connectivity index (χ0v) is 16.3. The van der Waals surface area contributed by atoms with Crippen LogP contribution in [0.4, 0.5) is 4.79 Å². The molecule has 1 fully saturated rings. The Kier molecular flexibility index (Phi) is 4.63. The average molecular weight is 403 g/mol. The first-order valence-electron chi connectivity index (χ1n) is 9.92. The number of rotatable bonds is 5. The normalized spacial score (nSPS) is 14.8. The summed E-state index contributed by atoms with van der Waals surface area (Å²) in [5.41, 5.74) is 2.72. The summed E-state index contributed by atoms with van der Waals surface area (Å²) >= 11 is 0. The van der Waals surface area contributed by atoms with Gasteiger partial charge in [-0.2, -0.15) is 0 Å². The van der Waals surface area contributed by atoms with Crippen LogP contribution in [-0.2, 0) is 0 Å². The molecule has 0 unspecified atom stereocenters. The van der Waals surface area contributed by atoms with E-state index in [1.165, 1.54) is 0 Å². The molecule has 2 aliphatic rings. The molecule has 2 heterocycles. The van der Waals surface area contributed by atoms with E-state index < -0.39 is 0 Å². The van der Waals surface area contributed by atoms with Crippen LogP contribution in [-0.4, -0.2) is 49.8 Å². The quantitative estimate of drug-likeness (QED) is 0.686. The Morgan fingerprint density at radius 3 is 2.60 bits per heavy atom. The molecule has 2 aliphatic heterocycles. The van der Waals surface area contributed by atoms with Crippen LogP contribution in [0.15, 0.2) is 54.6 Å². The molecule has 2 N–H and O–H groups in total. The van der Waals surface area contributed by atoms with Crippen molar-refractivity contribution in [2.75, 3.05) is 33.0 Å². The molecule has 7 nitrogen and oxygen atoms in total. The zero-order valence-electron chi connectivity index (χ0n) is 16.3. The first-order valence-corrected chi connectivity index (χ1v) is 9.92. The largest absolute Gasteiger partial charge is 0.454 e. The molecule has 1 saturated heterocycles. The number of amides is 3. The Labute approximate surface area is 173 Å². The predicted octanol–water partition coefficient (Wildman–Crippen LogP) is 2.99. The van der Waals surface area contributed by atoms with Gasteiger partial charge in [-0.15, -0.1) is 0 Å². The fourth-order valence-electron chi connectivity index (χ4n) is 3.77. The van der Waals surface area contributed by atoms with Crippen LogP contribution < -0.4 is 20.1 Å². The molecule has 3 aromatic rings. The first kappa shape index (κ1) is 18.3. The lowest BCUT2D eigenvalue weighted by molar-refractivity contribution is 0.0950. The molecule has 30 heavy (non-hydrogen) atoms. The summed E-state index contributed by atoms with van der Waals surface area (Å²) in [6.45, 7) is 2.52. The van der Waals surface area contributed by atoms with Gasteiger partial charge in [-0.05, 0) is 52.2 Å². The van der Waals surface area contributed by atoms with Crippen molar-refractivity contribution >= 4 is 22.7 Å². The van der Waals surface area contributed by atoms with Gasteiger partial charge in [0.15, 0.2) is 11.5 Å². The molecule has 0 atom stereocenters. The third-order valence-corrected chi connectivity index (χ3v) is 5.42. The lowest BCUT2D eigenvalue weighted by Crippen LogP contribution is -2.36. The fourth-order valence-corrected chi connectivity index (χ4v) is 3.77. The maximum absolute atomic E-state index is 12.5. The maximum Gasteiger partial charge on any atom is 0.317 e. The lowest BCUT2D eigenvalue weighted by Gasteiger charge is -2.14. The van der Waals surface area contributed by atoms with Gasteiger partial charge in [0.1, 0.15) is 0 Å². The number of benzene rings is 3. The number of hydrogen-bond acceptors (Lipinski definition) is 4. The molecule has 0 aliphatic carbocycles. The van der Waals surface area contributed by atoms with E-state index in [-0.39, 0.29) is 18.7 Å². The van der Waals surface area contributed by atoms with Gasteiger partial charge in [0.05, 0.1) is 0 Å². The molecule has 5 rings (SSSR count). The van der Waals surface area contributed by atoms with Gasteiger partial charge in [-0.1, -0.05) is 24.3 Å². The number of nitrogens with one attached hydrogen (secondary N) is 2. The van der Waals surface area contributed by atoms with Crippen molar-refractivity contribution in [2.24, 2.45) is 0 Å². The Bertz CT molecular complexity index is 1140. The van der Waals surface area contributed by atoms with Gasteiger partial charge in [0, 0.05) is 31.7 Å². The summed E-state index contributed by atoms with van der Waals surface area (Å²) in [5.74, 6) is 1.38. The van der Waals surface area contributed by atoms with Crippen LogP contribution in [0.3, 0.4) is 0 Å². The molecule has 0 spiro atoms. The minimum Gasteiger partial charge on any atom is -0.454 e. The SMILES string of the molecule is O=C(NCCN1CCNC1=O)c1ccc2cc(-c3ccc4c(c3)OCO4)ccc2c1. The van der Waals surface area contributed by atoms with Gasteiger partial charge < -0.3 is 25.0 Å². The average Bonchev–Trinajstić information content (AvgIpc) is 3.41. The highest BCUT2D eigenvalue weighted by Gasteiger charge is 2.19. The maximum atomic E-state index is 12.5. The predicted molar refractivity (Wildman–Crippen MR) is 113 cm³/mol. The van der Waals surface area contributed by atoms with Gasteiger partial charge in [-0.25, -0.2) is 4.79 Å². The van der Waals surface area contributed by atoms with Crippen molar-refractivity contribution in [3.63, 3.8) is 0 Å². The van der Waals surface area contributed by atoms with Crippen molar-refractivity contribution in [3.8, 4) is 22.6 Å². The van der Waals surface area contributed by atoms with E-state index in [2.05, 4.69) is 16.7 Å². The zero-order chi connectivity index (χ0) is 20.5. The number of carbonyl (C=O) groups is 2. The van der Waals surface area contributed by atoms with E-state index in [1.54, 1.807) is 4.90 Å². The van der Waals surface area contributed by atoms with Gasteiger partial charge in [0.2, 0.25) is 6.79 Å². The van der Waals surface area contributed by atoms with E-state index in [1.807, 2.05) is 48.5 Å². The number of carbonyl (C=O) groups excluding carboxylic acids is 2. The van der Waals surface area contributed by atoms with E-state index in [9.17, 15) is 9.59 Å². The summed E-state index contributed by atoms with van der Waals surface area (Å²) in [4.78, 5) is 25.7. The van der Waals surface area contributed by atoms with Crippen LogP contribution in [0.1, 0.15) is 10.4 Å². The monoisotopic (exact) mass is 403 g/mol. The summed E-state index contributed by atoms with van der Waals surface area (Å²) < 4.78 is 10.8. The Hall–Kier alpha value is -3.74.